The van der Waals surface area contributed by atoms with Gasteiger partial charge in [-0.25, -0.2) is 0 Å². The molecular weight excluding hydrogens is 290 g/mol. The highest BCUT2D eigenvalue weighted by atomic mass is 16.5. The number of hydrogen-bond acceptors (Lipinski definition) is 4. The van der Waals surface area contributed by atoms with E-state index in [9.17, 15) is 4.79 Å². The van der Waals surface area contributed by atoms with Crippen LogP contribution in [-0.2, 0) is 16.1 Å². The minimum Gasteiger partial charge on any atom is -0.381 e. The smallest absolute Gasteiger partial charge is 0.227 e. The van der Waals surface area contributed by atoms with Gasteiger partial charge in [-0.2, -0.15) is 0 Å². The molecule has 3 heterocycles. The Morgan fingerprint density at radius 3 is 2.87 bits per heavy atom. The number of likely N-dealkylation sites (tertiary alicyclic amines) is 1. The van der Waals surface area contributed by atoms with E-state index in [1.165, 1.54) is 18.4 Å². The number of ether oxygens (including phenoxy) is 1. The first-order valence-electron chi connectivity index (χ1n) is 8.66. The lowest BCUT2D eigenvalue weighted by atomic mass is 9.95. The number of rotatable bonds is 5. The Morgan fingerprint density at radius 1 is 1.39 bits per heavy atom. The quantitative estimate of drug-likeness (QED) is 0.830. The lowest BCUT2D eigenvalue weighted by Crippen LogP contribution is -2.41. The Labute approximate surface area is 138 Å². The van der Waals surface area contributed by atoms with Crippen LogP contribution in [-0.4, -0.2) is 60.6 Å². The topological polar surface area (TPSA) is 45.7 Å². The molecule has 2 aliphatic heterocycles. The first-order valence-corrected chi connectivity index (χ1v) is 8.66. The van der Waals surface area contributed by atoms with E-state index < -0.39 is 0 Å². The second-order valence-corrected chi connectivity index (χ2v) is 6.86. The van der Waals surface area contributed by atoms with Crippen LogP contribution in [0.1, 0.15) is 24.8 Å². The van der Waals surface area contributed by atoms with Gasteiger partial charge in [0.1, 0.15) is 0 Å². The van der Waals surface area contributed by atoms with E-state index in [1.807, 2.05) is 30.4 Å². The van der Waals surface area contributed by atoms with E-state index in [0.29, 0.717) is 12.5 Å². The van der Waals surface area contributed by atoms with E-state index in [4.69, 9.17) is 4.74 Å². The molecule has 0 bridgehead atoms. The van der Waals surface area contributed by atoms with Crippen LogP contribution in [0.5, 0.6) is 0 Å². The van der Waals surface area contributed by atoms with Crippen molar-refractivity contribution in [1.29, 1.82) is 0 Å². The van der Waals surface area contributed by atoms with Crippen molar-refractivity contribution in [3.8, 4) is 0 Å². The maximum atomic E-state index is 12.4. The van der Waals surface area contributed by atoms with Gasteiger partial charge in [0, 0.05) is 39.1 Å². The third-order valence-electron chi connectivity index (χ3n) is 5.02. The third kappa shape index (κ3) is 4.52. The fourth-order valence-corrected chi connectivity index (χ4v) is 3.60. The van der Waals surface area contributed by atoms with Crippen molar-refractivity contribution < 1.29 is 9.53 Å². The lowest BCUT2D eigenvalue weighted by Gasteiger charge is -2.34. The van der Waals surface area contributed by atoms with Crippen molar-refractivity contribution in [3.63, 3.8) is 0 Å². The number of hydrogen-bond donors (Lipinski definition) is 0. The molecule has 1 atom stereocenters. The summed E-state index contributed by atoms with van der Waals surface area (Å²) in [7, 11) is 1.95. The van der Waals surface area contributed by atoms with Crippen molar-refractivity contribution in [1.82, 2.24) is 14.8 Å². The first-order chi connectivity index (χ1) is 11.2. The summed E-state index contributed by atoms with van der Waals surface area (Å²) in [5.41, 5.74) is 1.28. The molecule has 5 nitrogen and oxygen atoms in total. The maximum absolute atomic E-state index is 12.4. The van der Waals surface area contributed by atoms with Gasteiger partial charge in [0.25, 0.3) is 0 Å². The fraction of sp³-hybridized carbons (Fsp3) is 0.667. The van der Waals surface area contributed by atoms with Crippen molar-refractivity contribution in [3.05, 3.63) is 30.1 Å². The molecule has 1 unspecified atom stereocenters. The third-order valence-corrected chi connectivity index (χ3v) is 5.02. The van der Waals surface area contributed by atoms with Gasteiger partial charge >= 0.3 is 0 Å². The second-order valence-electron chi connectivity index (χ2n) is 6.86. The van der Waals surface area contributed by atoms with Crippen LogP contribution in [0.3, 0.4) is 0 Å². The van der Waals surface area contributed by atoms with Crippen molar-refractivity contribution in [2.45, 2.75) is 25.8 Å². The normalized spacial score (nSPS) is 23.1. The molecule has 0 saturated carbocycles. The van der Waals surface area contributed by atoms with E-state index >= 15 is 0 Å². The molecule has 1 amide bonds. The van der Waals surface area contributed by atoms with E-state index in [-0.39, 0.29) is 11.8 Å². The predicted octanol–water partition coefficient (Wildman–Crippen LogP) is 1.79. The minimum atomic E-state index is 0.0886. The molecule has 126 valence electrons. The van der Waals surface area contributed by atoms with Gasteiger partial charge in [0.05, 0.1) is 12.5 Å². The van der Waals surface area contributed by atoms with Crippen LogP contribution in [0.2, 0.25) is 0 Å². The summed E-state index contributed by atoms with van der Waals surface area (Å²) in [5, 5.41) is 0. The molecule has 1 aromatic rings. The number of amides is 1. The Bertz CT molecular complexity index is 494. The van der Waals surface area contributed by atoms with E-state index in [0.717, 1.165) is 39.2 Å². The monoisotopic (exact) mass is 317 g/mol. The number of carbonyl (C=O) groups excluding carboxylic acids is 1. The van der Waals surface area contributed by atoms with Gasteiger partial charge in [-0.05, 0) is 49.9 Å². The van der Waals surface area contributed by atoms with E-state index in [2.05, 4.69) is 16.0 Å². The standard InChI is InChI=1S/C18H27N3O2/c1-20(18(22)17-6-10-23-14-17)12-15-4-8-21(9-5-15)13-16-3-2-7-19-11-16/h2-3,7,11,15,17H,4-6,8-10,12-14H2,1H3. The molecule has 2 fully saturated rings. The zero-order valence-corrected chi connectivity index (χ0v) is 14.0. The molecule has 1 aromatic heterocycles. The minimum absolute atomic E-state index is 0.0886. The molecule has 0 spiro atoms. The predicted molar refractivity (Wildman–Crippen MR) is 88.8 cm³/mol. The van der Waals surface area contributed by atoms with Gasteiger partial charge in [0.2, 0.25) is 5.91 Å². The molecule has 23 heavy (non-hydrogen) atoms. The number of nitrogens with zero attached hydrogens (tertiary/aromatic N) is 3. The highest BCUT2D eigenvalue weighted by Gasteiger charge is 2.28. The Morgan fingerprint density at radius 2 is 2.22 bits per heavy atom. The number of carbonyl (C=O) groups is 1. The van der Waals surface area contributed by atoms with Crippen LogP contribution in [0.25, 0.3) is 0 Å². The van der Waals surface area contributed by atoms with E-state index in [1.54, 1.807) is 0 Å². The molecule has 5 heteroatoms. The second kappa shape index (κ2) is 7.88. The molecular formula is C18H27N3O2. The molecule has 0 radical (unpaired) electrons. The summed E-state index contributed by atoms with van der Waals surface area (Å²) >= 11 is 0. The zero-order valence-electron chi connectivity index (χ0n) is 14.0. The molecule has 0 aliphatic carbocycles. The van der Waals surface area contributed by atoms with Crippen LogP contribution in [0.4, 0.5) is 0 Å². The summed E-state index contributed by atoms with van der Waals surface area (Å²) in [6, 6.07) is 4.13. The average molecular weight is 317 g/mol. The van der Waals surface area contributed by atoms with Crippen LogP contribution in [0, 0.1) is 11.8 Å². The molecule has 2 aliphatic rings. The van der Waals surface area contributed by atoms with Crippen LogP contribution in [0.15, 0.2) is 24.5 Å². The number of pyridine rings is 1. The lowest BCUT2D eigenvalue weighted by molar-refractivity contribution is -0.134. The van der Waals surface area contributed by atoms with Gasteiger partial charge in [-0.15, -0.1) is 0 Å². The van der Waals surface area contributed by atoms with Crippen molar-refractivity contribution in [2.75, 3.05) is 39.9 Å². The summed E-state index contributed by atoms with van der Waals surface area (Å²) in [6.45, 7) is 5.41. The summed E-state index contributed by atoms with van der Waals surface area (Å²) in [4.78, 5) is 21.0. The SMILES string of the molecule is CN(CC1CCN(Cc2cccnc2)CC1)C(=O)C1CCOC1. The zero-order chi connectivity index (χ0) is 16.1. The fourth-order valence-electron chi connectivity index (χ4n) is 3.60. The first kappa shape index (κ1) is 16.4. The maximum Gasteiger partial charge on any atom is 0.227 e. The van der Waals surface area contributed by atoms with Gasteiger partial charge in [0.15, 0.2) is 0 Å². The number of piperidine rings is 1. The largest absolute Gasteiger partial charge is 0.381 e. The number of aromatic nitrogens is 1. The summed E-state index contributed by atoms with van der Waals surface area (Å²) in [6.07, 6.45) is 6.98. The molecule has 0 aromatic carbocycles. The molecule has 0 N–H and O–H groups in total. The highest BCUT2D eigenvalue weighted by molar-refractivity contribution is 5.78. The highest BCUT2D eigenvalue weighted by Crippen LogP contribution is 2.21. The molecule has 3 rings (SSSR count). The summed E-state index contributed by atoms with van der Waals surface area (Å²) in [5.74, 6) is 0.974. The van der Waals surface area contributed by atoms with Crippen LogP contribution >= 0.6 is 0 Å². The average Bonchev–Trinajstić information content (AvgIpc) is 3.11. The van der Waals surface area contributed by atoms with Crippen LogP contribution < -0.4 is 0 Å². The van der Waals surface area contributed by atoms with Crippen molar-refractivity contribution in [2.24, 2.45) is 11.8 Å². The van der Waals surface area contributed by atoms with Crippen molar-refractivity contribution >= 4 is 5.91 Å². The van der Waals surface area contributed by atoms with Gasteiger partial charge in [-0.3, -0.25) is 14.7 Å². The van der Waals surface area contributed by atoms with Gasteiger partial charge in [-0.1, -0.05) is 6.07 Å². The van der Waals surface area contributed by atoms with Gasteiger partial charge < -0.3 is 9.64 Å². The Balaban J connectivity index is 1.41. The Kier molecular flexibility index (Phi) is 5.62. The molecule has 2 saturated heterocycles. The summed E-state index contributed by atoms with van der Waals surface area (Å²) < 4.78 is 5.33. The Hall–Kier alpha value is -1.46.